The minimum atomic E-state index is -4.41. The van der Waals surface area contributed by atoms with Gasteiger partial charge in [-0.1, -0.05) is 0 Å². The first kappa shape index (κ1) is 18.7. The summed E-state index contributed by atoms with van der Waals surface area (Å²) in [5, 5.41) is 15.7. The summed E-state index contributed by atoms with van der Waals surface area (Å²) in [4.78, 5) is 24.7. The number of carbonyl (C=O) groups is 2. The molecule has 0 saturated carbocycles. The summed E-state index contributed by atoms with van der Waals surface area (Å²) >= 11 is 0. The molecule has 1 aromatic heterocycles. The largest absolute Gasteiger partial charge is 0.481 e. The number of alkyl halides is 3. The van der Waals surface area contributed by atoms with Gasteiger partial charge >= 0.3 is 18.2 Å². The van der Waals surface area contributed by atoms with Crippen molar-refractivity contribution in [3.63, 3.8) is 0 Å². The quantitative estimate of drug-likeness (QED) is 0.853. The maximum atomic E-state index is 12.6. The van der Waals surface area contributed by atoms with E-state index in [9.17, 15) is 22.8 Å². The van der Waals surface area contributed by atoms with E-state index in [1.807, 2.05) is 0 Å². The number of aromatic nitrogens is 2. The van der Waals surface area contributed by atoms with Crippen LogP contribution in [0.15, 0.2) is 36.7 Å². The van der Waals surface area contributed by atoms with Crippen LogP contribution in [0.5, 0.6) is 0 Å². The highest BCUT2D eigenvalue weighted by molar-refractivity contribution is 5.89. The average molecular weight is 382 g/mol. The number of carbonyl (C=O) groups excluding carboxylic acids is 1. The first-order valence-corrected chi connectivity index (χ1v) is 8.25. The number of nitrogens with zero attached hydrogens (tertiary/aromatic N) is 3. The summed E-state index contributed by atoms with van der Waals surface area (Å²) in [6.45, 7) is 0.686. The molecule has 0 bridgehead atoms. The number of urea groups is 1. The second-order valence-electron chi connectivity index (χ2n) is 6.25. The van der Waals surface area contributed by atoms with Crippen molar-refractivity contribution in [3.05, 3.63) is 42.2 Å². The monoisotopic (exact) mass is 382 g/mol. The van der Waals surface area contributed by atoms with Gasteiger partial charge in [-0.2, -0.15) is 18.3 Å². The number of aliphatic carboxylic acids is 1. The fourth-order valence-corrected chi connectivity index (χ4v) is 2.86. The maximum Gasteiger partial charge on any atom is 0.416 e. The fourth-order valence-electron chi connectivity index (χ4n) is 2.86. The van der Waals surface area contributed by atoms with Crippen LogP contribution in [0.25, 0.3) is 5.69 Å². The third-order valence-electron chi connectivity index (χ3n) is 4.42. The summed E-state index contributed by atoms with van der Waals surface area (Å²) in [5.41, 5.74) is 0.0581. The van der Waals surface area contributed by atoms with Crippen LogP contribution in [0.1, 0.15) is 18.4 Å². The highest BCUT2D eigenvalue weighted by atomic mass is 19.4. The van der Waals surface area contributed by atoms with Crippen molar-refractivity contribution in [3.8, 4) is 5.69 Å². The first-order valence-electron chi connectivity index (χ1n) is 8.25. The van der Waals surface area contributed by atoms with Crippen molar-refractivity contribution >= 4 is 17.7 Å². The van der Waals surface area contributed by atoms with E-state index in [0.29, 0.717) is 37.3 Å². The minimum Gasteiger partial charge on any atom is -0.481 e. The third kappa shape index (κ3) is 4.39. The molecule has 2 N–H and O–H groups in total. The van der Waals surface area contributed by atoms with Gasteiger partial charge in [0, 0.05) is 13.1 Å². The molecule has 144 valence electrons. The van der Waals surface area contributed by atoms with Crippen molar-refractivity contribution in [2.24, 2.45) is 5.92 Å². The number of benzene rings is 1. The van der Waals surface area contributed by atoms with Crippen LogP contribution in [0.2, 0.25) is 0 Å². The Balaban J connectivity index is 1.61. The van der Waals surface area contributed by atoms with E-state index in [4.69, 9.17) is 5.11 Å². The summed E-state index contributed by atoms with van der Waals surface area (Å²) in [6.07, 6.45) is -0.735. The molecular weight excluding hydrogens is 365 g/mol. The number of carboxylic acids is 1. The Morgan fingerprint density at radius 3 is 2.33 bits per heavy atom. The molecule has 2 aromatic rings. The van der Waals surface area contributed by atoms with Gasteiger partial charge in [-0.3, -0.25) is 4.79 Å². The second kappa shape index (κ2) is 7.29. The predicted octanol–water partition coefficient (Wildman–Crippen LogP) is 3.22. The van der Waals surface area contributed by atoms with Gasteiger partial charge in [0.05, 0.1) is 35.2 Å². The van der Waals surface area contributed by atoms with Crippen molar-refractivity contribution in [2.75, 3.05) is 18.4 Å². The Hall–Kier alpha value is -3.04. The molecule has 10 heteroatoms. The number of likely N-dealkylation sites (tertiary alicyclic amines) is 1. The van der Waals surface area contributed by atoms with Gasteiger partial charge in [0.1, 0.15) is 0 Å². The van der Waals surface area contributed by atoms with Gasteiger partial charge in [0.2, 0.25) is 0 Å². The lowest BCUT2D eigenvalue weighted by molar-refractivity contribution is -0.143. The lowest BCUT2D eigenvalue weighted by atomic mass is 9.97. The number of piperidine rings is 1. The fraction of sp³-hybridized carbons (Fsp3) is 0.353. The smallest absolute Gasteiger partial charge is 0.416 e. The van der Waals surface area contributed by atoms with E-state index >= 15 is 0 Å². The number of anilines is 1. The van der Waals surface area contributed by atoms with Crippen molar-refractivity contribution in [2.45, 2.75) is 19.0 Å². The van der Waals surface area contributed by atoms with Gasteiger partial charge in [0.15, 0.2) is 0 Å². The maximum absolute atomic E-state index is 12.6. The number of hydrogen-bond donors (Lipinski definition) is 2. The Labute approximate surface area is 152 Å². The van der Waals surface area contributed by atoms with Crippen LogP contribution >= 0.6 is 0 Å². The zero-order chi connectivity index (χ0) is 19.6. The van der Waals surface area contributed by atoms with E-state index in [1.54, 1.807) is 0 Å². The van der Waals surface area contributed by atoms with Crippen molar-refractivity contribution < 1.29 is 27.9 Å². The van der Waals surface area contributed by atoms with Gasteiger partial charge in [-0.05, 0) is 37.1 Å². The summed E-state index contributed by atoms with van der Waals surface area (Å²) in [5.74, 6) is -1.29. The van der Waals surface area contributed by atoms with E-state index in [0.717, 1.165) is 12.1 Å². The lowest BCUT2D eigenvalue weighted by Gasteiger charge is -2.29. The minimum absolute atomic E-state index is 0.343. The Bertz CT molecular complexity index is 825. The molecule has 0 radical (unpaired) electrons. The van der Waals surface area contributed by atoms with Crippen LogP contribution in [-0.4, -0.2) is 44.9 Å². The molecule has 0 spiro atoms. The SMILES string of the molecule is O=C(O)C1CCN(C(=O)Nc2cnn(-c3ccc(C(F)(F)F)cc3)c2)CC1. The molecule has 3 rings (SSSR count). The molecule has 0 unspecified atom stereocenters. The molecule has 7 nitrogen and oxygen atoms in total. The number of carboxylic acid groups (broad SMARTS) is 1. The molecular formula is C17H17F3N4O3. The Kier molecular flexibility index (Phi) is 5.06. The number of halogens is 3. The van der Waals surface area contributed by atoms with Gasteiger partial charge in [-0.15, -0.1) is 0 Å². The van der Waals surface area contributed by atoms with Crippen LogP contribution in [0, 0.1) is 5.92 Å². The molecule has 27 heavy (non-hydrogen) atoms. The predicted molar refractivity (Wildman–Crippen MR) is 89.5 cm³/mol. The van der Waals surface area contributed by atoms with Crippen molar-refractivity contribution in [1.29, 1.82) is 0 Å². The average Bonchev–Trinajstić information content (AvgIpc) is 3.09. The first-order chi connectivity index (χ1) is 12.7. The van der Waals surface area contributed by atoms with Crippen LogP contribution in [0.4, 0.5) is 23.7 Å². The Morgan fingerprint density at radius 2 is 1.78 bits per heavy atom. The highest BCUT2D eigenvalue weighted by Gasteiger charge is 2.30. The summed E-state index contributed by atoms with van der Waals surface area (Å²) in [6, 6.07) is 4.13. The van der Waals surface area contributed by atoms with E-state index in [-0.39, 0.29) is 6.03 Å². The molecule has 2 heterocycles. The molecule has 0 atom stereocenters. The molecule has 1 aliphatic heterocycles. The molecule has 1 fully saturated rings. The number of hydrogen-bond acceptors (Lipinski definition) is 3. The van der Waals surface area contributed by atoms with Gasteiger partial charge in [0.25, 0.3) is 0 Å². The molecule has 0 aliphatic carbocycles. The number of rotatable bonds is 3. The number of amides is 2. The van der Waals surface area contributed by atoms with E-state index in [1.165, 1.54) is 34.1 Å². The third-order valence-corrected chi connectivity index (χ3v) is 4.42. The van der Waals surface area contributed by atoms with Crippen LogP contribution < -0.4 is 5.32 Å². The van der Waals surface area contributed by atoms with Crippen LogP contribution in [0.3, 0.4) is 0 Å². The van der Waals surface area contributed by atoms with E-state index < -0.39 is 23.6 Å². The van der Waals surface area contributed by atoms with Gasteiger partial charge in [-0.25, -0.2) is 9.48 Å². The standard InChI is InChI=1S/C17H17F3N4O3/c18-17(19,20)12-1-3-14(4-2-12)24-10-13(9-21-24)22-16(27)23-7-5-11(6-8-23)15(25)26/h1-4,9-11H,5-8H2,(H,22,27)(H,25,26). The second-order valence-corrected chi connectivity index (χ2v) is 6.25. The zero-order valence-corrected chi connectivity index (χ0v) is 14.1. The van der Waals surface area contributed by atoms with Gasteiger partial charge < -0.3 is 15.3 Å². The molecule has 1 aromatic carbocycles. The molecule has 1 aliphatic rings. The van der Waals surface area contributed by atoms with E-state index in [2.05, 4.69) is 10.4 Å². The lowest BCUT2D eigenvalue weighted by Crippen LogP contribution is -2.42. The molecule has 2 amide bonds. The molecule has 1 saturated heterocycles. The highest BCUT2D eigenvalue weighted by Crippen LogP contribution is 2.29. The topological polar surface area (TPSA) is 87.5 Å². The zero-order valence-electron chi connectivity index (χ0n) is 14.1. The Morgan fingerprint density at radius 1 is 1.15 bits per heavy atom. The summed E-state index contributed by atoms with van der Waals surface area (Å²) < 4.78 is 39.2. The summed E-state index contributed by atoms with van der Waals surface area (Å²) in [7, 11) is 0. The number of nitrogens with one attached hydrogen (secondary N) is 1. The normalized spacial score (nSPS) is 15.6. The van der Waals surface area contributed by atoms with Crippen molar-refractivity contribution in [1.82, 2.24) is 14.7 Å². The van der Waals surface area contributed by atoms with Crippen LogP contribution in [-0.2, 0) is 11.0 Å².